The summed E-state index contributed by atoms with van der Waals surface area (Å²) < 4.78 is 0. The highest BCUT2D eigenvalue weighted by Crippen LogP contribution is 2.41. The van der Waals surface area contributed by atoms with Gasteiger partial charge in [-0.25, -0.2) is 0 Å². The molecule has 1 aromatic carbocycles. The van der Waals surface area contributed by atoms with E-state index in [2.05, 4.69) is 47.9 Å². The normalized spacial score (nSPS) is 26.6. The molecular weight excluding hydrogens is 272 g/mol. The lowest BCUT2D eigenvalue weighted by atomic mass is 9.79. The second-order valence-corrected chi connectivity index (χ2v) is 6.97. The van der Waals surface area contributed by atoms with Crippen molar-refractivity contribution in [3.05, 3.63) is 35.4 Å². The van der Waals surface area contributed by atoms with Crippen LogP contribution in [0.2, 0.25) is 0 Å². The van der Waals surface area contributed by atoms with E-state index in [4.69, 9.17) is 0 Å². The minimum Gasteiger partial charge on any atom is -0.342 e. The van der Waals surface area contributed by atoms with E-state index in [0.717, 1.165) is 58.4 Å². The summed E-state index contributed by atoms with van der Waals surface area (Å²) in [6, 6.07) is 8.65. The largest absolute Gasteiger partial charge is 0.342 e. The molecule has 22 heavy (non-hydrogen) atoms. The number of nitrogens with zero attached hydrogens (tertiary/aromatic N) is 2. The molecule has 1 amide bonds. The topological polar surface area (TPSA) is 23.6 Å². The van der Waals surface area contributed by atoms with E-state index in [-0.39, 0.29) is 5.41 Å². The number of carbonyl (C=O) groups excluding carboxylic acids is 1. The van der Waals surface area contributed by atoms with Gasteiger partial charge >= 0.3 is 0 Å². The number of benzene rings is 1. The minimum atomic E-state index is -0.0451. The fourth-order valence-electron chi connectivity index (χ4n) is 4.09. The highest BCUT2D eigenvalue weighted by Gasteiger charge is 2.46. The molecule has 0 bridgehead atoms. The number of aryl methyl sites for hydroxylation is 1. The van der Waals surface area contributed by atoms with Crippen molar-refractivity contribution in [3.8, 4) is 0 Å². The van der Waals surface area contributed by atoms with Crippen molar-refractivity contribution >= 4 is 5.91 Å². The lowest BCUT2D eigenvalue weighted by Crippen LogP contribution is -2.35. The van der Waals surface area contributed by atoms with E-state index >= 15 is 0 Å². The van der Waals surface area contributed by atoms with Crippen LogP contribution in [0, 0.1) is 12.3 Å². The molecule has 2 aliphatic rings. The average molecular weight is 300 g/mol. The van der Waals surface area contributed by atoms with Gasteiger partial charge in [-0.1, -0.05) is 24.3 Å². The fraction of sp³-hybridized carbons (Fsp3) is 0.632. The number of likely N-dealkylation sites (tertiary alicyclic amines) is 2. The molecule has 0 unspecified atom stereocenters. The van der Waals surface area contributed by atoms with Crippen LogP contribution < -0.4 is 0 Å². The summed E-state index contributed by atoms with van der Waals surface area (Å²) in [5.74, 6) is 0.424. The van der Waals surface area contributed by atoms with E-state index in [1.807, 2.05) is 0 Å². The van der Waals surface area contributed by atoms with Crippen molar-refractivity contribution in [2.75, 3.05) is 26.2 Å². The van der Waals surface area contributed by atoms with Gasteiger partial charge in [0.1, 0.15) is 0 Å². The number of hydrogen-bond acceptors (Lipinski definition) is 2. The summed E-state index contributed by atoms with van der Waals surface area (Å²) in [5.41, 5.74) is 2.75. The highest BCUT2D eigenvalue weighted by molar-refractivity contribution is 5.84. The molecular formula is C19H28N2O. The molecule has 3 heteroatoms. The van der Waals surface area contributed by atoms with Crippen molar-refractivity contribution in [2.45, 2.75) is 46.1 Å². The summed E-state index contributed by atoms with van der Waals surface area (Å²) in [6.07, 6.45) is 4.33. The molecule has 2 saturated heterocycles. The van der Waals surface area contributed by atoms with E-state index in [1.165, 1.54) is 11.1 Å². The van der Waals surface area contributed by atoms with E-state index < -0.39 is 0 Å². The van der Waals surface area contributed by atoms with Gasteiger partial charge in [-0.15, -0.1) is 0 Å². The van der Waals surface area contributed by atoms with E-state index in [1.54, 1.807) is 0 Å². The Labute approximate surface area is 134 Å². The lowest BCUT2D eigenvalue weighted by molar-refractivity contribution is -0.136. The van der Waals surface area contributed by atoms with Crippen molar-refractivity contribution in [2.24, 2.45) is 5.41 Å². The van der Waals surface area contributed by atoms with Crippen molar-refractivity contribution in [1.29, 1.82) is 0 Å². The van der Waals surface area contributed by atoms with Gasteiger partial charge in [-0.3, -0.25) is 9.69 Å². The minimum absolute atomic E-state index is 0.0451. The molecule has 0 aliphatic carbocycles. The number of hydrogen-bond donors (Lipinski definition) is 0. The molecule has 1 spiro atoms. The first-order valence-electron chi connectivity index (χ1n) is 8.71. The summed E-state index contributed by atoms with van der Waals surface area (Å²) >= 11 is 0. The van der Waals surface area contributed by atoms with E-state index in [9.17, 15) is 4.79 Å². The van der Waals surface area contributed by atoms with Gasteiger partial charge < -0.3 is 4.90 Å². The van der Waals surface area contributed by atoms with Crippen LogP contribution in [0.3, 0.4) is 0 Å². The molecule has 0 saturated carbocycles. The molecule has 1 aromatic rings. The molecule has 2 aliphatic heterocycles. The number of rotatable bonds is 3. The Balaban J connectivity index is 1.66. The Morgan fingerprint density at radius 1 is 1.09 bits per heavy atom. The molecule has 2 fully saturated rings. The van der Waals surface area contributed by atoms with Crippen LogP contribution in [-0.4, -0.2) is 41.9 Å². The van der Waals surface area contributed by atoms with Crippen LogP contribution in [0.5, 0.6) is 0 Å². The monoisotopic (exact) mass is 300 g/mol. The number of amides is 1. The van der Waals surface area contributed by atoms with Gasteiger partial charge in [0, 0.05) is 19.6 Å². The zero-order valence-electron chi connectivity index (χ0n) is 14.0. The first-order valence-corrected chi connectivity index (χ1v) is 8.71. The third-order valence-electron chi connectivity index (χ3n) is 5.67. The molecule has 0 aromatic heterocycles. The maximum Gasteiger partial charge on any atom is 0.228 e. The van der Waals surface area contributed by atoms with Crippen molar-refractivity contribution in [3.63, 3.8) is 0 Å². The van der Waals surface area contributed by atoms with Crippen molar-refractivity contribution in [1.82, 2.24) is 9.80 Å². The third-order valence-corrected chi connectivity index (χ3v) is 5.67. The van der Waals surface area contributed by atoms with Gasteiger partial charge in [0.15, 0.2) is 0 Å². The SMILES string of the molecule is CCN1CC[C@@]2(CCCN(Cc3ccccc3C)CC2)C1=O. The van der Waals surface area contributed by atoms with Gasteiger partial charge in [0.25, 0.3) is 0 Å². The van der Waals surface area contributed by atoms with Crippen LogP contribution >= 0.6 is 0 Å². The fourth-order valence-corrected chi connectivity index (χ4v) is 4.09. The van der Waals surface area contributed by atoms with Gasteiger partial charge in [0.05, 0.1) is 5.41 Å². The maximum atomic E-state index is 12.7. The average Bonchev–Trinajstić information content (AvgIpc) is 2.70. The molecule has 2 heterocycles. The maximum absolute atomic E-state index is 12.7. The van der Waals surface area contributed by atoms with Crippen LogP contribution in [0.1, 0.15) is 43.7 Å². The smallest absolute Gasteiger partial charge is 0.228 e. The summed E-state index contributed by atoms with van der Waals surface area (Å²) in [6.45, 7) is 9.31. The predicted octanol–water partition coefficient (Wildman–Crippen LogP) is 3.22. The van der Waals surface area contributed by atoms with Crippen LogP contribution in [0.25, 0.3) is 0 Å². The van der Waals surface area contributed by atoms with Crippen LogP contribution in [-0.2, 0) is 11.3 Å². The quantitative estimate of drug-likeness (QED) is 0.856. The number of carbonyl (C=O) groups is 1. The molecule has 1 atom stereocenters. The molecule has 0 radical (unpaired) electrons. The zero-order valence-corrected chi connectivity index (χ0v) is 14.0. The molecule has 120 valence electrons. The predicted molar refractivity (Wildman–Crippen MR) is 89.6 cm³/mol. The highest BCUT2D eigenvalue weighted by atomic mass is 16.2. The lowest BCUT2D eigenvalue weighted by Gasteiger charge is -2.26. The molecule has 3 nitrogen and oxygen atoms in total. The first kappa shape index (κ1) is 15.5. The summed E-state index contributed by atoms with van der Waals surface area (Å²) in [4.78, 5) is 17.3. The second-order valence-electron chi connectivity index (χ2n) is 6.97. The van der Waals surface area contributed by atoms with Crippen LogP contribution in [0.15, 0.2) is 24.3 Å². The third kappa shape index (κ3) is 2.91. The Morgan fingerprint density at radius 2 is 1.86 bits per heavy atom. The summed E-state index contributed by atoms with van der Waals surface area (Å²) in [5, 5.41) is 0. The van der Waals surface area contributed by atoms with Crippen LogP contribution in [0.4, 0.5) is 0 Å². The van der Waals surface area contributed by atoms with Gasteiger partial charge in [-0.05, 0) is 63.7 Å². The molecule has 3 rings (SSSR count). The Kier molecular flexibility index (Phi) is 4.53. The van der Waals surface area contributed by atoms with E-state index in [0.29, 0.717) is 5.91 Å². The molecule has 0 N–H and O–H groups in total. The first-order chi connectivity index (χ1) is 10.6. The zero-order chi connectivity index (χ0) is 15.6. The second kappa shape index (κ2) is 6.41. The Bertz CT molecular complexity index is 542. The van der Waals surface area contributed by atoms with Gasteiger partial charge in [0.2, 0.25) is 5.91 Å². The Morgan fingerprint density at radius 3 is 2.59 bits per heavy atom. The standard InChI is InChI=1S/C19H28N2O/c1-3-21-14-11-19(18(21)22)9-6-12-20(13-10-19)15-17-8-5-4-7-16(17)2/h4-5,7-8H,3,6,9-15H2,1-2H3/t19-/m0/s1. The van der Waals surface area contributed by atoms with Crippen molar-refractivity contribution < 1.29 is 4.79 Å². The Hall–Kier alpha value is -1.35. The van der Waals surface area contributed by atoms with Gasteiger partial charge in [-0.2, -0.15) is 0 Å². The summed E-state index contributed by atoms with van der Waals surface area (Å²) in [7, 11) is 0.